The third-order valence-electron chi connectivity index (χ3n) is 3.31. The number of fused-ring (bicyclic) bond motifs is 2. The zero-order valence-corrected chi connectivity index (χ0v) is 10.7. The first-order valence-corrected chi connectivity index (χ1v) is 6.91. The SMILES string of the molecule is OCc1cccc2c1SCc1ccccc1C2O. The van der Waals surface area contributed by atoms with Crippen LogP contribution < -0.4 is 0 Å². The van der Waals surface area contributed by atoms with Gasteiger partial charge in [-0.2, -0.15) is 0 Å². The molecule has 3 rings (SSSR count). The van der Waals surface area contributed by atoms with Gasteiger partial charge in [-0.05, 0) is 22.3 Å². The van der Waals surface area contributed by atoms with Crippen LogP contribution in [0.25, 0.3) is 0 Å². The maximum absolute atomic E-state index is 10.5. The summed E-state index contributed by atoms with van der Waals surface area (Å²) in [6.45, 7) is 0.0131. The second kappa shape index (κ2) is 4.76. The van der Waals surface area contributed by atoms with Gasteiger partial charge >= 0.3 is 0 Å². The van der Waals surface area contributed by atoms with Crippen LogP contribution in [0.3, 0.4) is 0 Å². The van der Waals surface area contributed by atoms with E-state index in [1.165, 1.54) is 0 Å². The Morgan fingerprint density at radius 2 is 1.83 bits per heavy atom. The van der Waals surface area contributed by atoms with Crippen molar-refractivity contribution in [2.45, 2.75) is 23.4 Å². The number of thioether (sulfide) groups is 1. The average Bonchev–Trinajstić information content (AvgIpc) is 2.57. The summed E-state index contributed by atoms with van der Waals surface area (Å²) in [5.74, 6) is 0.831. The van der Waals surface area contributed by atoms with E-state index in [1.54, 1.807) is 11.8 Å². The molecule has 0 spiro atoms. The molecule has 1 unspecified atom stereocenters. The van der Waals surface area contributed by atoms with Gasteiger partial charge in [-0.25, -0.2) is 0 Å². The minimum absolute atomic E-state index is 0.0131. The Kier molecular flexibility index (Phi) is 3.12. The fraction of sp³-hybridized carbons (Fsp3) is 0.200. The van der Waals surface area contributed by atoms with Crippen LogP contribution in [0.15, 0.2) is 47.4 Å². The smallest absolute Gasteiger partial charge is 0.105 e. The maximum Gasteiger partial charge on any atom is 0.105 e. The molecular formula is C15H14O2S. The van der Waals surface area contributed by atoms with Crippen molar-refractivity contribution in [3.8, 4) is 0 Å². The highest BCUT2D eigenvalue weighted by atomic mass is 32.2. The lowest BCUT2D eigenvalue weighted by Crippen LogP contribution is -2.03. The zero-order chi connectivity index (χ0) is 12.5. The lowest BCUT2D eigenvalue weighted by atomic mass is 9.96. The van der Waals surface area contributed by atoms with E-state index in [0.29, 0.717) is 0 Å². The number of hydrogen-bond donors (Lipinski definition) is 2. The Hall–Kier alpha value is -1.29. The molecule has 1 aliphatic rings. The number of hydrogen-bond acceptors (Lipinski definition) is 3. The van der Waals surface area contributed by atoms with E-state index in [0.717, 1.165) is 32.9 Å². The normalized spacial score (nSPS) is 17.8. The molecule has 0 saturated carbocycles. The lowest BCUT2D eigenvalue weighted by molar-refractivity contribution is 0.216. The van der Waals surface area contributed by atoms with E-state index < -0.39 is 6.10 Å². The monoisotopic (exact) mass is 258 g/mol. The topological polar surface area (TPSA) is 40.5 Å². The summed E-state index contributed by atoms with van der Waals surface area (Å²) in [6.07, 6.45) is -0.599. The van der Waals surface area contributed by atoms with Crippen LogP contribution in [-0.4, -0.2) is 10.2 Å². The first kappa shape index (κ1) is 11.8. The highest BCUT2D eigenvalue weighted by molar-refractivity contribution is 7.98. The molecule has 0 radical (unpaired) electrons. The van der Waals surface area contributed by atoms with E-state index in [-0.39, 0.29) is 6.61 Å². The van der Waals surface area contributed by atoms with Gasteiger partial charge in [0.05, 0.1) is 6.61 Å². The molecule has 1 heterocycles. The van der Waals surface area contributed by atoms with Crippen molar-refractivity contribution in [3.63, 3.8) is 0 Å². The molecule has 0 amide bonds. The van der Waals surface area contributed by atoms with Gasteiger partial charge in [-0.1, -0.05) is 42.5 Å². The largest absolute Gasteiger partial charge is 0.392 e. The van der Waals surface area contributed by atoms with E-state index in [4.69, 9.17) is 0 Å². The molecule has 0 bridgehead atoms. The van der Waals surface area contributed by atoms with Crippen LogP contribution in [0.2, 0.25) is 0 Å². The van der Waals surface area contributed by atoms with Crippen molar-refractivity contribution in [3.05, 3.63) is 64.7 Å². The Balaban J connectivity index is 2.17. The second-order valence-corrected chi connectivity index (χ2v) is 5.37. The third kappa shape index (κ3) is 1.85. The molecule has 18 heavy (non-hydrogen) atoms. The maximum atomic E-state index is 10.5. The van der Waals surface area contributed by atoms with Crippen molar-refractivity contribution in [2.24, 2.45) is 0 Å². The van der Waals surface area contributed by atoms with Crippen molar-refractivity contribution in [2.75, 3.05) is 0 Å². The molecule has 0 saturated heterocycles. The first-order valence-electron chi connectivity index (χ1n) is 5.92. The summed E-state index contributed by atoms with van der Waals surface area (Å²) >= 11 is 1.69. The fourth-order valence-corrected chi connectivity index (χ4v) is 3.60. The van der Waals surface area contributed by atoms with Crippen LogP contribution in [0.1, 0.15) is 28.4 Å². The quantitative estimate of drug-likeness (QED) is 0.826. The molecule has 0 aromatic heterocycles. The number of benzene rings is 2. The van der Waals surface area contributed by atoms with E-state index >= 15 is 0 Å². The van der Waals surface area contributed by atoms with Gasteiger partial charge in [-0.15, -0.1) is 11.8 Å². The highest BCUT2D eigenvalue weighted by Gasteiger charge is 2.23. The predicted molar refractivity (Wildman–Crippen MR) is 72.4 cm³/mol. The van der Waals surface area contributed by atoms with Crippen LogP contribution in [0, 0.1) is 0 Å². The molecule has 0 fully saturated rings. The Bertz CT molecular complexity index is 580. The van der Waals surface area contributed by atoms with Crippen LogP contribution >= 0.6 is 11.8 Å². The average molecular weight is 258 g/mol. The number of aliphatic hydroxyl groups excluding tert-OH is 2. The van der Waals surface area contributed by atoms with Gasteiger partial charge in [0.15, 0.2) is 0 Å². The third-order valence-corrected chi connectivity index (χ3v) is 4.56. The minimum Gasteiger partial charge on any atom is -0.392 e. The molecule has 2 nitrogen and oxygen atoms in total. The van der Waals surface area contributed by atoms with Gasteiger partial charge in [0.2, 0.25) is 0 Å². The number of rotatable bonds is 1. The predicted octanol–water partition coefficient (Wildman–Crippen LogP) is 2.87. The fourth-order valence-electron chi connectivity index (χ4n) is 2.37. The summed E-state index contributed by atoms with van der Waals surface area (Å²) in [5.41, 5.74) is 3.93. The highest BCUT2D eigenvalue weighted by Crippen LogP contribution is 2.40. The van der Waals surface area contributed by atoms with Gasteiger partial charge in [0.25, 0.3) is 0 Å². The molecule has 2 aromatic carbocycles. The van der Waals surface area contributed by atoms with Crippen molar-refractivity contribution in [1.29, 1.82) is 0 Å². The van der Waals surface area contributed by atoms with E-state index in [2.05, 4.69) is 6.07 Å². The first-order chi connectivity index (χ1) is 8.81. The summed E-state index contributed by atoms with van der Waals surface area (Å²) < 4.78 is 0. The molecule has 2 aromatic rings. The van der Waals surface area contributed by atoms with E-state index in [9.17, 15) is 10.2 Å². The molecule has 2 N–H and O–H groups in total. The Labute approximate surface area is 110 Å². The molecule has 1 atom stereocenters. The van der Waals surface area contributed by atoms with E-state index in [1.807, 2.05) is 36.4 Å². The molecular weight excluding hydrogens is 244 g/mol. The van der Waals surface area contributed by atoms with Crippen molar-refractivity contribution < 1.29 is 10.2 Å². The van der Waals surface area contributed by atoms with Crippen molar-refractivity contribution in [1.82, 2.24) is 0 Å². The standard InChI is InChI=1S/C15H14O2S/c16-8-10-5-3-7-13-14(17)12-6-2-1-4-11(12)9-18-15(10)13/h1-7,14,16-17H,8-9H2. The molecule has 0 aliphatic carbocycles. The zero-order valence-electron chi connectivity index (χ0n) is 9.84. The molecule has 92 valence electrons. The summed E-state index contributed by atoms with van der Waals surface area (Å²) in [4.78, 5) is 1.02. The van der Waals surface area contributed by atoms with Crippen LogP contribution in [-0.2, 0) is 12.4 Å². The minimum atomic E-state index is -0.599. The van der Waals surface area contributed by atoms with Crippen LogP contribution in [0.5, 0.6) is 0 Å². The van der Waals surface area contributed by atoms with Gasteiger partial charge in [0, 0.05) is 10.6 Å². The molecule has 3 heteroatoms. The molecule has 1 aliphatic heterocycles. The van der Waals surface area contributed by atoms with Crippen molar-refractivity contribution >= 4 is 11.8 Å². The van der Waals surface area contributed by atoms with Crippen LogP contribution in [0.4, 0.5) is 0 Å². The lowest BCUT2D eigenvalue weighted by Gasteiger charge is -2.15. The number of aliphatic hydroxyl groups is 2. The Morgan fingerprint density at radius 3 is 2.67 bits per heavy atom. The Morgan fingerprint density at radius 1 is 1.06 bits per heavy atom. The van der Waals surface area contributed by atoms with Gasteiger partial charge in [0.1, 0.15) is 6.10 Å². The summed E-state index contributed by atoms with van der Waals surface area (Å²) in [6, 6.07) is 13.7. The summed E-state index contributed by atoms with van der Waals surface area (Å²) in [7, 11) is 0. The van der Waals surface area contributed by atoms with Gasteiger partial charge < -0.3 is 10.2 Å². The second-order valence-electron chi connectivity index (χ2n) is 4.38. The van der Waals surface area contributed by atoms with Gasteiger partial charge in [-0.3, -0.25) is 0 Å². The summed E-state index contributed by atoms with van der Waals surface area (Å²) in [5, 5.41) is 19.9.